The van der Waals surface area contributed by atoms with Crippen molar-refractivity contribution in [1.82, 2.24) is 4.90 Å². The van der Waals surface area contributed by atoms with Gasteiger partial charge in [-0.15, -0.1) is 0 Å². The zero-order valence-corrected chi connectivity index (χ0v) is 24.9. The Morgan fingerprint density at radius 3 is 2.12 bits per heavy atom. The average molecular weight is 597 g/mol. The Kier molecular flexibility index (Phi) is 8.61. The third-order valence-electron chi connectivity index (χ3n) is 7.00. The number of likely N-dealkylation sites (N-methyl/N-ethyl adjacent to an activating group) is 1. The average Bonchev–Trinajstić information content (AvgIpc) is 3.35. The van der Waals surface area contributed by atoms with E-state index in [0.717, 1.165) is 5.56 Å². The van der Waals surface area contributed by atoms with Crippen LogP contribution in [0.15, 0.2) is 108 Å². The van der Waals surface area contributed by atoms with Crippen molar-refractivity contribution in [2.45, 2.75) is 4.90 Å². The summed E-state index contributed by atoms with van der Waals surface area (Å²) in [5.41, 5.74) is 4.42. The lowest BCUT2D eigenvalue weighted by atomic mass is 9.99. The molecule has 0 radical (unpaired) electrons. The molecular weight excluding hydrogens is 564 g/mol. The van der Waals surface area contributed by atoms with Crippen molar-refractivity contribution in [3.8, 4) is 0 Å². The first-order valence-electron chi connectivity index (χ1n) is 13.6. The Bertz CT molecular complexity index is 1770. The largest absolute Gasteiger partial charge is 0.465 e. The molecule has 0 unspecified atom stereocenters. The van der Waals surface area contributed by atoms with Gasteiger partial charge in [0, 0.05) is 24.3 Å². The monoisotopic (exact) mass is 596 g/mol. The fraction of sp³-hybridized carbons (Fsp3) is 0.152. The molecule has 9 nitrogen and oxygen atoms in total. The lowest BCUT2D eigenvalue weighted by molar-refractivity contribution is -0.110. The first-order chi connectivity index (χ1) is 20.7. The molecule has 4 aromatic carbocycles. The van der Waals surface area contributed by atoms with Crippen molar-refractivity contribution >= 4 is 50.2 Å². The van der Waals surface area contributed by atoms with Gasteiger partial charge >= 0.3 is 5.97 Å². The van der Waals surface area contributed by atoms with Gasteiger partial charge in [-0.25, -0.2) is 13.2 Å². The van der Waals surface area contributed by atoms with Gasteiger partial charge in [0.2, 0.25) is 0 Å². The Hall–Kier alpha value is -4.93. The quantitative estimate of drug-likeness (QED) is 0.192. The second-order valence-electron chi connectivity index (χ2n) is 10.2. The topological polar surface area (TPSA) is 108 Å². The Morgan fingerprint density at radius 1 is 0.837 bits per heavy atom. The molecule has 4 aromatic rings. The van der Waals surface area contributed by atoms with Crippen molar-refractivity contribution in [2.75, 3.05) is 49.2 Å². The summed E-state index contributed by atoms with van der Waals surface area (Å²) in [6, 6.07) is 29.8. The van der Waals surface area contributed by atoms with Crippen LogP contribution in [0.2, 0.25) is 0 Å². The maximum Gasteiger partial charge on any atom is 0.337 e. The van der Waals surface area contributed by atoms with E-state index in [0.29, 0.717) is 46.0 Å². The molecule has 0 bridgehead atoms. The van der Waals surface area contributed by atoms with Crippen LogP contribution in [-0.4, -0.2) is 59.5 Å². The summed E-state index contributed by atoms with van der Waals surface area (Å²) in [6.45, 7) is 0.795. The molecule has 1 amide bonds. The summed E-state index contributed by atoms with van der Waals surface area (Å²) < 4.78 is 33.5. The minimum absolute atomic E-state index is 0.216. The first-order valence-corrected chi connectivity index (χ1v) is 15.1. The fourth-order valence-corrected chi connectivity index (χ4v) is 6.28. The van der Waals surface area contributed by atoms with Gasteiger partial charge in [0.25, 0.3) is 15.9 Å². The number of carbonyl (C=O) groups is 2. The van der Waals surface area contributed by atoms with Gasteiger partial charge in [0.1, 0.15) is 0 Å². The Morgan fingerprint density at radius 2 is 1.49 bits per heavy atom. The summed E-state index contributed by atoms with van der Waals surface area (Å²) in [5.74, 6) is -0.811. The highest BCUT2D eigenvalue weighted by atomic mass is 32.2. The van der Waals surface area contributed by atoms with Gasteiger partial charge in [-0.1, -0.05) is 54.6 Å². The number of anilines is 3. The van der Waals surface area contributed by atoms with Crippen LogP contribution in [-0.2, 0) is 19.6 Å². The van der Waals surface area contributed by atoms with Crippen LogP contribution in [0.4, 0.5) is 17.1 Å². The van der Waals surface area contributed by atoms with Crippen LogP contribution in [0.3, 0.4) is 0 Å². The lowest BCUT2D eigenvalue weighted by Gasteiger charge is -2.26. The minimum Gasteiger partial charge on any atom is -0.465 e. The number of hydrogen-bond donors (Lipinski definition) is 2. The molecule has 1 heterocycles. The van der Waals surface area contributed by atoms with E-state index in [1.165, 1.54) is 11.4 Å². The molecule has 0 spiro atoms. The maximum absolute atomic E-state index is 13.6. The molecule has 0 fully saturated rings. The predicted molar refractivity (Wildman–Crippen MR) is 169 cm³/mol. The van der Waals surface area contributed by atoms with Crippen LogP contribution in [0.25, 0.3) is 11.3 Å². The van der Waals surface area contributed by atoms with E-state index >= 15 is 0 Å². The van der Waals surface area contributed by atoms with Crippen LogP contribution in [0, 0.1) is 0 Å². The van der Waals surface area contributed by atoms with Crippen LogP contribution < -0.4 is 14.9 Å². The van der Waals surface area contributed by atoms with E-state index in [1.807, 2.05) is 49.3 Å². The summed E-state index contributed by atoms with van der Waals surface area (Å²) in [4.78, 5) is 27.5. The minimum atomic E-state index is -3.80. The molecule has 1 aliphatic rings. The summed E-state index contributed by atoms with van der Waals surface area (Å²) >= 11 is 0. The van der Waals surface area contributed by atoms with Crippen molar-refractivity contribution in [3.63, 3.8) is 0 Å². The molecule has 43 heavy (non-hydrogen) atoms. The highest BCUT2D eigenvalue weighted by molar-refractivity contribution is 7.92. The van der Waals surface area contributed by atoms with Crippen molar-refractivity contribution < 1.29 is 22.7 Å². The SMILES string of the molecule is COC(=O)c1ccc2c(c1)NC(=O)/C2=C(\Nc1ccc(N(CCN(C)C)S(=O)(=O)c2ccccc2)cc1)c1ccccc1. The molecule has 0 aliphatic carbocycles. The smallest absolute Gasteiger partial charge is 0.337 e. The first kappa shape index (κ1) is 29.6. The number of carbonyl (C=O) groups excluding carboxylic acids is 2. The van der Waals surface area contributed by atoms with Gasteiger partial charge in [-0.2, -0.15) is 0 Å². The standard InChI is InChI=1S/C33H32N4O5S/c1-36(2)20-21-37(43(40,41)27-12-8-5-9-13-27)26-17-15-25(16-18-26)34-31(23-10-6-4-7-11-23)30-28-19-14-24(33(39)42-3)22-29(28)35-32(30)38/h4-19,22,34H,20-21H2,1-3H3,(H,35,38)/b31-30-. The highest BCUT2D eigenvalue weighted by Crippen LogP contribution is 2.38. The van der Waals surface area contributed by atoms with Gasteiger partial charge in [0.05, 0.1) is 40.2 Å². The maximum atomic E-state index is 13.6. The second-order valence-corrected chi connectivity index (χ2v) is 12.0. The second kappa shape index (κ2) is 12.5. The van der Waals surface area contributed by atoms with Gasteiger partial charge in [-0.05, 0) is 68.2 Å². The number of sulfonamides is 1. The molecular formula is C33H32N4O5S. The number of fused-ring (bicyclic) bond motifs is 1. The summed E-state index contributed by atoms with van der Waals surface area (Å²) in [7, 11) is 1.29. The number of nitrogens with zero attached hydrogens (tertiary/aromatic N) is 2. The van der Waals surface area contributed by atoms with E-state index in [1.54, 1.807) is 72.8 Å². The molecule has 220 valence electrons. The molecule has 2 N–H and O–H groups in total. The van der Waals surface area contributed by atoms with E-state index in [-0.39, 0.29) is 17.3 Å². The van der Waals surface area contributed by atoms with Crippen molar-refractivity contribution in [3.05, 3.63) is 120 Å². The van der Waals surface area contributed by atoms with E-state index < -0.39 is 16.0 Å². The number of ether oxygens (including phenoxy) is 1. The number of nitrogens with one attached hydrogen (secondary N) is 2. The number of methoxy groups -OCH3 is 1. The van der Waals surface area contributed by atoms with Crippen LogP contribution in [0.1, 0.15) is 21.5 Å². The van der Waals surface area contributed by atoms with Gasteiger partial charge in [0.15, 0.2) is 0 Å². The Balaban J connectivity index is 1.53. The van der Waals surface area contributed by atoms with E-state index in [4.69, 9.17) is 4.74 Å². The molecule has 0 atom stereocenters. The summed E-state index contributed by atoms with van der Waals surface area (Å²) in [6.07, 6.45) is 0. The molecule has 0 saturated carbocycles. The van der Waals surface area contributed by atoms with Gasteiger partial charge < -0.3 is 20.3 Å². The van der Waals surface area contributed by atoms with Crippen molar-refractivity contribution in [2.24, 2.45) is 0 Å². The number of esters is 1. The zero-order chi connectivity index (χ0) is 30.6. The van der Waals surface area contributed by atoms with Gasteiger partial charge in [-0.3, -0.25) is 9.10 Å². The number of rotatable bonds is 10. The zero-order valence-electron chi connectivity index (χ0n) is 24.1. The van der Waals surface area contributed by atoms with E-state index in [9.17, 15) is 18.0 Å². The van der Waals surface area contributed by atoms with Crippen molar-refractivity contribution in [1.29, 1.82) is 0 Å². The fourth-order valence-electron chi connectivity index (χ4n) is 4.80. The molecule has 0 aromatic heterocycles. The number of benzene rings is 4. The molecule has 1 aliphatic heterocycles. The Labute approximate surface area is 251 Å². The predicted octanol–water partition coefficient (Wildman–Crippen LogP) is 5.16. The molecule has 0 saturated heterocycles. The third kappa shape index (κ3) is 6.30. The lowest BCUT2D eigenvalue weighted by Crippen LogP contribution is -2.36. The highest BCUT2D eigenvalue weighted by Gasteiger charge is 2.30. The summed E-state index contributed by atoms with van der Waals surface area (Å²) in [5, 5.41) is 6.26. The number of amides is 1. The van der Waals surface area contributed by atoms with E-state index in [2.05, 4.69) is 10.6 Å². The number of hydrogen-bond acceptors (Lipinski definition) is 7. The third-order valence-corrected chi connectivity index (χ3v) is 8.85. The van der Waals surface area contributed by atoms with Crippen LogP contribution >= 0.6 is 0 Å². The van der Waals surface area contributed by atoms with Crippen LogP contribution in [0.5, 0.6) is 0 Å². The normalized spacial score (nSPS) is 13.7. The molecule has 10 heteroatoms. The molecule has 5 rings (SSSR count).